The zero-order chi connectivity index (χ0) is 29.7. The van der Waals surface area contributed by atoms with Crippen LogP contribution in [0.3, 0.4) is 0 Å². The van der Waals surface area contributed by atoms with E-state index in [1.165, 1.54) is 18.3 Å². The van der Waals surface area contributed by atoms with E-state index >= 15 is 0 Å². The molecular weight excluding hydrogens is 658 g/mol. The van der Waals surface area contributed by atoms with Crippen LogP contribution in [0.15, 0.2) is 66.9 Å². The lowest BCUT2D eigenvalue weighted by atomic mass is 10.0. The normalized spacial score (nSPS) is 20.1. The summed E-state index contributed by atoms with van der Waals surface area (Å²) in [4.78, 5) is 21.7. The van der Waals surface area contributed by atoms with Crippen molar-refractivity contribution in [3.63, 3.8) is 0 Å². The molecule has 1 amide bonds. The van der Waals surface area contributed by atoms with Crippen LogP contribution in [0.25, 0.3) is 0 Å². The number of pyridine rings is 1. The molecule has 2 saturated heterocycles. The maximum absolute atomic E-state index is 12.9. The van der Waals surface area contributed by atoms with Crippen molar-refractivity contribution in [3.8, 4) is 11.9 Å². The van der Waals surface area contributed by atoms with Crippen molar-refractivity contribution in [3.05, 3.63) is 89.1 Å². The van der Waals surface area contributed by atoms with Gasteiger partial charge in [0.05, 0.1) is 26.8 Å². The number of hydrogen-bond donors (Lipinski definition) is 1. The van der Waals surface area contributed by atoms with Gasteiger partial charge in [0.1, 0.15) is 6.10 Å². The number of alkyl halides is 4. The van der Waals surface area contributed by atoms with Gasteiger partial charge in [-0.2, -0.15) is 18.4 Å². The van der Waals surface area contributed by atoms with E-state index in [0.29, 0.717) is 42.9 Å². The Kier molecular flexibility index (Phi) is 9.53. The highest BCUT2D eigenvalue weighted by molar-refractivity contribution is 14.1. The molecule has 7 nitrogen and oxygen atoms in total. The molecule has 0 saturated carbocycles. The minimum absolute atomic E-state index is 0.0575. The highest BCUT2D eigenvalue weighted by Gasteiger charge is 2.31. The molecule has 2 atom stereocenters. The number of rotatable bonds is 7. The molecule has 2 aliphatic rings. The van der Waals surface area contributed by atoms with E-state index in [1.54, 1.807) is 12.1 Å². The molecule has 1 N–H and O–H groups in total. The number of aromatic nitrogens is 1. The quantitative estimate of drug-likeness (QED) is 0.182. The second kappa shape index (κ2) is 13.3. The number of piperidine rings is 2. The Morgan fingerprint density at radius 1 is 1.02 bits per heavy atom. The van der Waals surface area contributed by atoms with Gasteiger partial charge < -0.3 is 15.0 Å². The molecule has 11 heteroatoms. The summed E-state index contributed by atoms with van der Waals surface area (Å²) in [6.07, 6.45) is 0.247. The molecular formula is C31H31F3IN5O2. The lowest BCUT2D eigenvalue weighted by molar-refractivity contribution is -0.137. The molecule has 3 aromatic rings. The summed E-state index contributed by atoms with van der Waals surface area (Å²) in [5.74, 6) is 0.288. The van der Waals surface area contributed by atoms with Crippen LogP contribution in [-0.4, -0.2) is 51.6 Å². The minimum atomic E-state index is -4.34. The zero-order valence-corrected chi connectivity index (χ0v) is 25.0. The van der Waals surface area contributed by atoms with Crippen molar-refractivity contribution in [2.45, 2.75) is 54.6 Å². The van der Waals surface area contributed by atoms with Gasteiger partial charge in [0.15, 0.2) is 0 Å². The number of carbonyl (C=O) groups excluding carboxylic acids is 1. The average Bonchev–Trinajstić information content (AvgIpc) is 2.99. The summed E-state index contributed by atoms with van der Waals surface area (Å²) < 4.78 is 44.8. The molecule has 0 radical (unpaired) electrons. The predicted octanol–water partition coefficient (Wildman–Crippen LogP) is 6.18. The van der Waals surface area contributed by atoms with Crippen LogP contribution in [0.5, 0.6) is 5.88 Å². The molecule has 3 heterocycles. The summed E-state index contributed by atoms with van der Waals surface area (Å²) in [6.45, 7) is 3.00. The molecule has 5 rings (SSSR count). The van der Waals surface area contributed by atoms with Gasteiger partial charge in [-0.25, -0.2) is 4.98 Å². The fourth-order valence-corrected chi connectivity index (χ4v) is 6.40. The van der Waals surface area contributed by atoms with Crippen LogP contribution in [0.2, 0.25) is 0 Å². The van der Waals surface area contributed by atoms with Crippen LogP contribution in [0.1, 0.15) is 52.7 Å². The van der Waals surface area contributed by atoms with Gasteiger partial charge in [0.2, 0.25) is 5.88 Å². The first kappa shape index (κ1) is 30.1. The van der Waals surface area contributed by atoms with Crippen molar-refractivity contribution in [1.29, 1.82) is 5.26 Å². The Bertz CT molecular complexity index is 1390. The average molecular weight is 690 g/mol. The van der Waals surface area contributed by atoms with Crippen LogP contribution in [0.4, 0.5) is 18.9 Å². The van der Waals surface area contributed by atoms with E-state index in [2.05, 4.69) is 48.8 Å². The number of nitrogens with one attached hydrogen (secondary N) is 1. The van der Waals surface area contributed by atoms with Crippen molar-refractivity contribution in [2.75, 3.05) is 24.5 Å². The highest BCUT2D eigenvalue weighted by atomic mass is 127. The molecule has 1 aromatic heterocycles. The Labute approximate surface area is 256 Å². The van der Waals surface area contributed by atoms with Crippen LogP contribution >= 0.6 is 22.6 Å². The molecule has 0 spiro atoms. The van der Waals surface area contributed by atoms with E-state index in [0.717, 1.165) is 49.3 Å². The summed E-state index contributed by atoms with van der Waals surface area (Å²) in [6, 6.07) is 18.5. The van der Waals surface area contributed by atoms with E-state index in [1.807, 2.05) is 24.3 Å². The number of anilines is 1. The van der Waals surface area contributed by atoms with Crippen LogP contribution in [0, 0.1) is 11.3 Å². The molecule has 0 aliphatic carbocycles. The SMILES string of the molecule is N#Cc1ccc(CN2CCC(NC(=O)c3ccc(OC4CCN(c5ccc(C(F)(F)F)cc5)CC4)nc3)CC2I)cc1. The summed E-state index contributed by atoms with van der Waals surface area (Å²) in [5, 5.41) is 12.1. The van der Waals surface area contributed by atoms with Gasteiger partial charge in [0, 0.05) is 63.0 Å². The molecule has 2 unspecified atom stereocenters. The fraction of sp³-hybridized carbons (Fsp3) is 0.387. The number of hydrogen-bond acceptors (Lipinski definition) is 6. The number of carbonyl (C=O) groups is 1. The third kappa shape index (κ3) is 7.72. The molecule has 2 aromatic carbocycles. The summed E-state index contributed by atoms with van der Waals surface area (Å²) in [7, 11) is 0. The van der Waals surface area contributed by atoms with Gasteiger partial charge in [-0.3, -0.25) is 9.69 Å². The third-order valence-electron chi connectivity index (χ3n) is 7.73. The van der Waals surface area contributed by atoms with Crippen molar-refractivity contribution in [1.82, 2.24) is 15.2 Å². The number of amides is 1. The first-order valence-corrected chi connectivity index (χ1v) is 15.2. The third-order valence-corrected chi connectivity index (χ3v) is 9.03. The van der Waals surface area contributed by atoms with E-state index in [9.17, 15) is 18.0 Å². The van der Waals surface area contributed by atoms with Crippen molar-refractivity contribution < 1.29 is 22.7 Å². The lowest BCUT2D eigenvalue weighted by Crippen LogP contribution is -2.47. The number of ether oxygens (including phenoxy) is 1. The second-order valence-corrected chi connectivity index (χ2v) is 12.1. The topological polar surface area (TPSA) is 81.5 Å². The monoisotopic (exact) mass is 689 g/mol. The largest absolute Gasteiger partial charge is 0.474 e. The van der Waals surface area contributed by atoms with Gasteiger partial charge in [0.25, 0.3) is 5.91 Å². The summed E-state index contributed by atoms with van der Waals surface area (Å²) in [5.41, 5.74) is 2.41. The summed E-state index contributed by atoms with van der Waals surface area (Å²) >= 11 is 2.42. The highest BCUT2D eigenvalue weighted by Crippen LogP contribution is 2.31. The van der Waals surface area contributed by atoms with Gasteiger partial charge in [-0.05, 0) is 60.9 Å². The Balaban J connectivity index is 1.05. The number of nitrogens with zero attached hydrogens (tertiary/aromatic N) is 4. The molecule has 2 aliphatic heterocycles. The first-order valence-electron chi connectivity index (χ1n) is 13.9. The number of nitriles is 1. The molecule has 42 heavy (non-hydrogen) atoms. The minimum Gasteiger partial charge on any atom is -0.474 e. The maximum Gasteiger partial charge on any atom is 0.416 e. The first-order chi connectivity index (χ1) is 20.2. The number of likely N-dealkylation sites (tertiary alicyclic amines) is 1. The Morgan fingerprint density at radius 2 is 1.74 bits per heavy atom. The molecule has 2 fully saturated rings. The van der Waals surface area contributed by atoms with E-state index in [-0.39, 0.29) is 22.1 Å². The lowest BCUT2D eigenvalue weighted by Gasteiger charge is -2.36. The van der Waals surface area contributed by atoms with Crippen LogP contribution < -0.4 is 15.0 Å². The maximum atomic E-state index is 12.9. The van der Waals surface area contributed by atoms with Crippen molar-refractivity contribution in [2.24, 2.45) is 0 Å². The second-order valence-electron chi connectivity index (χ2n) is 10.6. The number of halogens is 4. The molecule has 220 valence electrons. The van der Waals surface area contributed by atoms with Crippen LogP contribution in [-0.2, 0) is 12.7 Å². The Hall–Kier alpha value is -3.37. The smallest absolute Gasteiger partial charge is 0.416 e. The fourth-order valence-electron chi connectivity index (χ4n) is 5.31. The van der Waals surface area contributed by atoms with Gasteiger partial charge in [-0.1, -0.05) is 34.7 Å². The molecule has 0 bridgehead atoms. The number of benzene rings is 2. The van der Waals surface area contributed by atoms with Gasteiger partial charge >= 0.3 is 6.18 Å². The predicted molar refractivity (Wildman–Crippen MR) is 161 cm³/mol. The van der Waals surface area contributed by atoms with E-state index < -0.39 is 11.7 Å². The van der Waals surface area contributed by atoms with E-state index in [4.69, 9.17) is 10.00 Å². The Morgan fingerprint density at radius 3 is 2.33 bits per heavy atom. The standard InChI is InChI=1S/C31H31F3IN5O2/c32-31(33,34)24-6-8-26(9-7-24)39-15-12-27(13-16-39)42-29-10-5-23(19-37-29)30(41)38-25-11-14-40(28(35)17-25)20-22-3-1-21(18-36)2-4-22/h1-10,19,25,27-28H,11-17,20H2,(H,38,41). The van der Waals surface area contributed by atoms with Crippen molar-refractivity contribution >= 4 is 34.2 Å². The van der Waals surface area contributed by atoms with Gasteiger partial charge in [-0.15, -0.1) is 0 Å². The zero-order valence-electron chi connectivity index (χ0n) is 22.9.